The molecule has 2 amide bonds. The van der Waals surface area contributed by atoms with Crippen LogP contribution in [0.25, 0.3) is 0 Å². The maximum Gasteiger partial charge on any atom is 0.239 e. The third-order valence-electron chi connectivity index (χ3n) is 5.93. The third kappa shape index (κ3) is 3.15. The highest BCUT2D eigenvalue weighted by Crippen LogP contribution is 2.34. The van der Waals surface area contributed by atoms with Crippen LogP contribution in [0.15, 0.2) is 42.5 Å². The first kappa shape index (κ1) is 18.5. The summed E-state index contributed by atoms with van der Waals surface area (Å²) in [7, 11) is 0. The minimum Gasteiger partial charge on any atom is -0.398 e. The highest BCUT2D eigenvalue weighted by molar-refractivity contribution is 6.14. The van der Waals surface area contributed by atoms with E-state index in [0.717, 1.165) is 35.5 Å². The van der Waals surface area contributed by atoms with Gasteiger partial charge in [-0.2, -0.15) is 0 Å². The van der Waals surface area contributed by atoms with Crippen molar-refractivity contribution in [3.8, 4) is 0 Å². The van der Waals surface area contributed by atoms with Crippen LogP contribution < -0.4 is 15.5 Å². The van der Waals surface area contributed by atoms with Gasteiger partial charge in [0.25, 0.3) is 0 Å². The first-order valence-electron chi connectivity index (χ1n) is 10.1. The molecule has 1 fully saturated rings. The van der Waals surface area contributed by atoms with E-state index in [1.54, 1.807) is 9.80 Å². The Morgan fingerprint density at radius 1 is 1.11 bits per heavy atom. The number of nitrogens with two attached hydrogens (primary N) is 1. The Hall–Kier alpha value is -2.82. The van der Waals surface area contributed by atoms with Crippen LogP contribution in [0.5, 0.6) is 0 Å². The van der Waals surface area contributed by atoms with E-state index in [2.05, 4.69) is 26.0 Å². The van der Waals surface area contributed by atoms with Gasteiger partial charge in [0.05, 0.1) is 0 Å². The van der Waals surface area contributed by atoms with Crippen LogP contribution in [0, 0.1) is 5.92 Å². The second-order valence-electron chi connectivity index (χ2n) is 8.02. The van der Waals surface area contributed by atoms with Crippen molar-refractivity contribution in [1.82, 2.24) is 0 Å². The highest BCUT2D eigenvalue weighted by Gasteiger charge is 2.41. The van der Waals surface area contributed by atoms with Crippen LogP contribution in [-0.2, 0) is 16.0 Å². The maximum atomic E-state index is 13.2. The lowest BCUT2D eigenvalue weighted by atomic mass is 9.97. The number of anilines is 3. The second-order valence-corrected chi connectivity index (χ2v) is 8.02. The van der Waals surface area contributed by atoms with E-state index in [9.17, 15) is 9.59 Å². The fourth-order valence-corrected chi connectivity index (χ4v) is 4.27. The number of nitrogen functional groups attached to an aromatic ring is 1. The van der Waals surface area contributed by atoms with Gasteiger partial charge in [0.2, 0.25) is 11.8 Å². The Morgan fingerprint density at radius 3 is 2.57 bits per heavy atom. The maximum absolute atomic E-state index is 13.2. The first-order valence-corrected chi connectivity index (χ1v) is 10.1. The van der Waals surface area contributed by atoms with Crippen molar-refractivity contribution >= 4 is 28.9 Å². The normalized spacial score (nSPS) is 19.2. The fourth-order valence-electron chi connectivity index (χ4n) is 4.27. The van der Waals surface area contributed by atoms with E-state index in [4.69, 9.17) is 5.73 Å². The number of hydrogen-bond donors (Lipinski definition) is 1. The largest absolute Gasteiger partial charge is 0.398 e. The summed E-state index contributed by atoms with van der Waals surface area (Å²) in [5.41, 5.74) is 10.8. The Kier molecular flexibility index (Phi) is 4.84. The van der Waals surface area contributed by atoms with Gasteiger partial charge in [-0.05, 0) is 60.6 Å². The standard InChI is InChI=1S/C23H27N3O2/c1-15(2)16-8-10-17(11-9-16)25-14-12-19(22(25)27)23(28)26-13-4-5-18-20(24)6-3-7-21(18)26/h3,6-11,15,19H,4-5,12-14,24H2,1-2H3. The molecule has 4 rings (SSSR count). The second kappa shape index (κ2) is 7.30. The summed E-state index contributed by atoms with van der Waals surface area (Å²) in [6.45, 7) is 5.51. The average Bonchev–Trinajstić information content (AvgIpc) is 3.09. The Bertz CT molecular complexity index is 905. The van der Waals surface area contributed by atoms with Crippen molar-refractivity contribution in [2.24, 2.45) is 5.92 Å². The van der Waals surface area contributed by atoms with Gasteiger partial charge in [-0.1, -0.05) is 32.0 Å². The van der Waals surface area contributed by atoms with Crippen molar-refractivity contribution in [1.29, 1.82) is 0 Å². The van der Waals surface area contributed by atoms with E-state index in [-0.39, 0.29) is 11.8 Å². The van der Waals surface area contributed by atoms with E-state index in [1.807, 2.05) is 30.3 Å². The van der Waals surface area contributed by atoms with Crippen molar-refractivity contribution in [3.63, 3.8) is 0 Å². The number of hydrogen-bond acceptors (Lipinski definition) is 3. The number of benzene rings is 2. The minimum atomic E-state index is -0.614. The van der Waals surface area contributed by atoms with Gasteiger partial charge in [-0.15, -0.1) is 0 Å². The van der Waals surface area contributed by atoms with Gasteiger partial charge in [-0.3, -0.25) is 9.59 Å². The highest BCUT2D eigenvalue weighted by atomic mass is 16.2. The zero-order valence-electron chi connectivity index (χ0n) is 16.5. The Morgan fingerprint density at radius 2 is 1.86 bits per heavy atom. The molecular weight excluding hydrogens is 350 g/mol. The molecule has 0 aromatic heterocycles. The van der Waals surface area contributed by atoms with Crippen molar-refractivity contribution in [2.45, 2.75) is 39.0 Å². The number of carbonyl (C=O) groups is 2. The number of nitrogens with zero attached hydrogens (tertiary/aromatic N) is 2. The summed E-state index contributed by atoms with van der Waals surface area (Å²) in [5, 5.41) is 0. The van der Waals surface area contributed by atoms with Crippen LogP contribution in [0.3, 0.4) is 0 Å². The molecule has 5 heteroatoms. The molecule has 146 valence electrons. The first-order chi connectivity index (χ1) is 13.5. The van der Waals surface area contributed by atoms with Gasteiger partial charge >= 0.3 is 0 Å². The summed E-state index contributed by atoms with van der Waals surface area (Å²) in [6.07, 6.45) is 2.30. The van der Waals surface area contributed by atoms with Gasteiger partial charge < -0.3 is 15.5 Å². The molecule has 2 N–H and O–H groups in total. The van der Waals surface area contributed by atoms with E-state index in [1.165, 1.54) is 5.56 Å². The molecular formula is C23H27N3O2. The number of carbonyl (C=O) groups excluding carboxylic acids is 2. The van der Waals surface area contributed by atoms with Crippen LogP contribution in [0.4, 0.5) is 17.1 Å². The van der Waals surface area contributed by atoms with E-state index in [0.29, 0.717) is 25.4 Å². The summed E-state index contributed by atoms with van der Waals surface area (Å²) < 4.78 is 0. The lowest BCUT2D eigenvalue weighted by Gasteiger charge is -2.31. The Balaban J connectivity index is 1.54. The SMILES string of the molecule is CC(C)c1ccc(N2CCC(C(=O)N3CCCc4c(N)cccc43)C2=O)cc1. The van der Waals surface area contributed by atoms with Gasteiger partial charge in [0.15, 0.2) is 0 Å². The molecule has 2 aliphatic heterocycles. The number of rotatable bonds is 3. The molecule has 2 aromatic carbocycles. The molecule has 0 radical (unpaired) electrons. The van der Waals surface area contributed by atoms with Gasteiger partial charge in [-0.25, -0.2) is 0 Å². The molecule has 0 saturated carbocycles. The molecule has 1 unspecified atom stereocenters. The van der Waals surface area contributed by atoms with Crippen molar-refractivity contribution in [3.05, 3.63) is 53.6 Å². The molecule has 0 aliphatic carbocycles. The van der Waals surface area contributed by atoms with Crippen LogP contribution >= 0.6 is 0 Å². The molecule has 28 heavy (non-hydrogen) atoms. The molecule has 2 aliphatic rings. The summed E-state index contributed by atoms with van der Waals surface area (Å²) >= 11 is 0. The predicted molar refractivity (Wildman–Crippen MR) is 113 cm³/mol. The quantitative estimate of drug-likeness (QED) is 0.655. The summed E-state index contributed by atoms with van der Waals surface area (Å²) in [6, 6.07) is 13.8. The predicted octanol–water partition coefficient (Wildman–Crippen LogP) is 3.72. The van der Waals surface area contributed by atoms with E-state index >= 15 is 0 Å². The van der Waals surface area contributed by atoms with Crippen molar-refractivity contribution in [2.75, 3.05) is 28.6 Å². The monoisotopic (exact) mass is 377 g/mol. The zero-order chi connectivity index (χ0) is 19.8. The van der Waals surface area contributed by atoms with Gasteiger partial charge in [0.1, 0.15) is 5.92 Å². The number of amides is 2. The average molecular weight is 377 g/mol. The topological polar surface area (TPSA) is 66.6 Å². The summed E-state index contributed by atoms with van der Waals surface area (Å²) in [5.74, 6) is -0.363. The molecule has 1 saturated heterocycles. The zero-order valence-corrected chi connectivity index (χ0v) is 16.5. The van der Waals surface area contributed by atoms with Crippen LogP contribution in [0.1, 0.15) is 43.7 Å². The van der Waals surface area contributed by atoms with Gasteiger partial charge in [0, 0.05) is 30.2 Å². The Labute approximate surface area is 166 Å². The minimum absolute atomic E-state index is 0.0988. The van der Waals surface area contributed by atoms with Crippen LogP contribution in [0.2, 0.25) is 0 Å². The molecule has 2 aromatic rings. The lowest BCUT2D eigenvalue weighted by Crippen LogP contribution is -2.42. The number of fused-ring (bicyclic) bond motifs is 1. The van der Waals surface area contributed by atoms with Crippen LogP contribution in [-0.4, -0.2) is 24.9 Å². The smallest absolute Gasteiger partial charge is 0.239 e. The molecule has 0 bridgehead atoms. The molecule has 5 nitrogen and oxygen atoms in total. The lowest BCUT2D eigenvalue weighted by molar-refractivity contribution is -0.130. The van der Waals surface area contributed by atoms with Crippen molar-refractivity contribution < 1.29 is 9.59 Å². The molecule has 0 spiro atoms. The molecule has 1 atom stereocenters. The molecule has 2 heterocycles. The van der Waals surface area contributed by atoms with E-state index < -0.39 is 5.92 Å². The summed E-state index contributed by atoms with van der Waals surface area (Å²) in [4.78, 5) is 29.8. The third-order valence-corrected chi connectivity index (χ3v) is 5.93. The fraction of sp³-hybridized carbons (Fsp3) is 0.391.